The molecule has 3 aliphatic rings. The molecule has 8 heteroatoms. The number of Topliss-reactive ketones (excluding diaryl/α,β-unsaturated/α-hetero) is 1. The first-order valence-corrected chi connectivity index (χ1v) is 17.7. The van der Waals surface area contributed by atoms with Crippen molar-refractivity contribution in [2.75, 3.05) is 60.8 Å². The Labute approximate surface area is 281 Å². The van der Waals surface area contributed by atoms with Gasteiger partial charge in [0.05, 0.1) is 39.1 Å². The summed E-state index contributed by atoms with van der Waals surface area (Å²) in [5.74, 6) is 2.25. The average Bonchev–Trinajstić information content (AvgIpc) is 3.43. The Kier molecular flexibility index (Phi) is 14.1. The summed E-state index contributed by atoms with van der Waals surface area (Å²) in [6.07, 6.45) is 9.74. The van der Waals surface area contributed by atoms with Gasteiger partial charge in [0.15, 0.2) is 12.6 Å². The van der Waals surface area contributed by atoms with E-state index < -0.39 is 0 Å². The van der Waals surface area contributed by atoms with Crippen LogP contribution in [-0.4, -0.2) is 72.7 Å². The molecule has 2 aromatic carbocycles. The van der Waals surface area contributed by atoms with E-state index in [1.165, 1.54) is 11.1 Å². The lowest BCUT2D eigenvalue weighted by Gasteiger charge is -2.53. The minimum atomic E-state index is 0.0287. The van der Waals surface area contributed by atoms with Gasteiger partial charge < -0.3 is 33.2 Å². The van der Waals surface area contributed by atoms with E-state index in [1.807, 2.05) is 30.3 Å². The van der Waals surface area contributed by atoms with Gasteiger partial charge in [0.1, 0.15) is 12.5 Å². The molecule has 0 aliphatic heterocycles. The van der Waals surface area contributed by atoms with Crippen LogP contribution in [0.25, 0.3) is 0 Å². The van der Waals surface area contributed by atoms with Crippen LogP contribution in [0.1, 0.15) is 92.1 Å². The van der Waals surface area contributed by atoms with Gasteiger partial charge >= 0.3 is 0 Å². The van der Waals surface area contributed by atoms with Crippen LogP contribution in [-0.2, 0) is 35.0 Å². The largest absolute Gasteiger partial charge is 0.468 e. The van der Waals surface area contributed by atoms with Gasteiger partial charge in [-0.25, -0.2) is 0 Å². The Morgan fingerprint density at radius 1 is 0.787 bits per heavy atom. The number of methoxy groups -OCH3 is 2. The molecule has 2 saturated carbocycles. The Morgan fingerprint density at radius 3 is 2.32 bits per heavy atom. The van der Waals surface area contributed by atoms with Crippen molar-refractivity contribution in [2.45, 2.75) is 83.3 Å². The van der Waals surface area contributed by atoms with E-state index in [9.17, 15) is 4.79 Å². The third-order valence-electron chi connectivity index (χ3n) is 10.9. The second kappa shape index (κ2) is 18.4. The second-order valence-corrected chi connectivity index (χ2v) is 13.7. The number of unbranched alkanes of at least 4 members (excludes halogenated alkanes) is 3. The van der Waals surface area contributed by atoms with Gasteiger partial charge in [0.2, 0.25) is 0 Å². The first kappa shape index (κ1) is 36.0. The van der Waals surface area contributed by atoms with E-state index in [-0.39, 0.29) is 24.2 Å². The van der Waals surface area contributed by atoms with Gasteiger partial charge in [0.25, 0.3) is 0 Å². The average molecular weight is 653 g/mol. The van der Waals surface area contributed by atoms with Crippen molar-refractivity contribution in [1.82, 2.24) is 0 Å². The Bertz CT molecular complexity index is 1220. The summed E-state index contributed by atoms with van der Waals surface area (Å²) in [5, 5.41) is 0. The van der Waals surface area contributed by atoms with Crippen LogP contribution in [0.2, 0.25) is 0 Å². The summed E-state index contributed by atoms with van der Waals surface area (Å²) in [5.41, 5.74) is 3.32. The number of carbonyl (C=O) groups excluding carboxylic acids is 1. The molecule has 6 atom stereocenters. The molecule has 8 nitrogen and oxygen atoms in total. The van der Waals surface area contributed by atoms with E-state index in [1.54, 1.807) is 14.2 Å². The van der Waals surface area contributed by atoms with Gasteiger partial charge in [-0.15, -0.1) is 0 Å². The third kappa shape index (κ3) is 9.22. The van der Waals surface area contributed by atoms with Crippen LogP contribution in [0.5, 0.6) is 5.75 Å². The second-order valence-electron chi connectivity index (χ2n) is 13.7. The fraction of sp³-hybridized carbons (Fsp3) is 0.667. The van der Waals surface area contributed by atoms with Crippen LogP contribution in [0, 0.1) is 23.2 Å². The molecule has 0 saturated heterocycles. The topological polar surface area (TPSA) is 81.7 Å². The monoisotopic (exact) mass is 652 g/mol. The fourth-order valence-corrected chi connectivity index (χ4v) is 8.61. The summed E-state index contributed by atoms with van der Waals surface area (Å²) in [7, 11) is 3.30. The summed E-state index contributed by atoms with van der Waals surface area (Å²) in [6, 6.07) is 16.3. The zero-order valence-corrected chi connectivity index (χ0v) is 28.8. The van der Waals surface area contributed by atoms with Crippen molar-refractivity contribution >= 4 is 5.78 Å². The maximum Gasteiger partial charge on any atom is 0.188 e. The van der Waals surface area contributed by atoms with Crippen molar-refractivity contribution in [3.63, 3.8) is 0 Å². The van der Waals surface area contributed by atoms with Gasteiger partial charge in [-0.1, -0.05) is 62.6 Å². The molecule has 3 aliphatic carbocycles. The predicted octanol–water partition coefficient (Wildman–Crippen LogP) is 7.58. The van der Waals surface area contributed by atoms with E-state index in [2.05, 4.69) is 25.1 Å². The predicted molar refractivity (Wildman–Crippen MR) is 181 cm³/mol. The highest BCUT2D eigenvalue weighted by atomic mass is 16.7. The van der Waals surface area contributed by atoms with E-state index in [0.717, 1.165) is 70.0 Å². The number of ketones is 1. The quantitative estimate of drug-likeness (QED) is 0.101. The van der Waals surface area contributed by atoms with Gasteiger partial charge in [0, 0.05) is 32.3 Å². The van der Waals surface area contributed by atoms with Crippen LogP contribution in [0.4, 0.5) is 0 Å². The molecular formula is C39H56O8. The first-order chi connectivity index (χ1) is 23.1. The minimum absolute atomic E-state index is 0.0287. The molecule has 0 radical (unpaired) electrons. The number of ether oxygens (including phenoxy) is 7. The van der Waals surface area contributed by atoms with Crippen molar-refractivity contribution < 1.29 is 38.0 Å². The highest BCUT2D eigenvalue weighted by molar-refractivity contribution is 6.01. The van der Waals surface area contributed by atoms with Gasteiger partial charge in [-0.3, -0.25) is 4.79 Å². The van der Waals surface area contributed by atoms with Crippen LogP contribution in [0.15, 0.2) is 48.5 Å². The lowest BCUT2D eigenvalue weighted by molar-refractivity contribution is -0.127. The Hall–Kier alpha value is -2.33. The van der Waals surface area contributed by atoms with Crippen LogP contribution >= 0.6 is 0 Å². The first-order valence-electron chi connectivity index (χ1n) is 17.7. The summed E-state index contributed by atoms with van der Waals surface area (Å²) in [4.78, 5) is 14.3. The normalized spacial score (nSPS) is 26.5. The number of rotatable bonds is 21. The van der Waals surface area contributed by atoms with Crippen molar-refractivity contribution in [3.05, 3.63) is 65.2 Å². The molecule has 0 spiro atoms. The molecule has 0 amide bonds. The maximum atomic E-state index is 14.3. The van der Waals surface area contributed by atoms with E-state index in [0.29, 0.717) is 69.1 Å². The standard InChI is InChI=1S/C39H56O8/c1-39-19-18-32-31-15-14-30(46-27-41-2)25-34(31)38(40)33(37(32)35(39)16-17-36(39)47-28-42-3)13-9-4-5-10-20-43-21-22-44-23-24-45-26-29-11-7-6-8-12-29/h6-8,11-12,14-15,25,32-33,35-37H,4-5,9-10,13,16-24,26-28H2,1-3H3/t32?,33-,35?,36?,37?,39?/m0/s1. The fourth-order valence-electron chi connectivity index (χ4n) is 8.61. The molecule has 0 heterocycles. The minimum Gasteiger partial charge on any atom is -0.468 e. The van der Waals surface area contributed by atoms with Gasteiger partial charge in [-0.2, -0.15) is 0 Å². The van der Waals surface area contributed by atoms with Crippen molar-refractivity contribution in [3.8, 4) is 5.75 Å². The highest BCUT2D eigenvalue weighted by Gasteiger charge is 2.58. The molecule has 2 fully saturated rings. The number of hydrogen-bond acceptors (Lipinski definition) is 8. The molecule has 260 valence electrons. The molecular weight excluding hydrogens is 596 g/mol. The zero-order chi connectivity index (χ0) is 32.9. The Balaban J connectivity index is 1.07. The SMILES string of the molecule is COCOc1ccc2c(c1)C(=O)[C@@H](CCCCCCOCCOCCOCc1ccccc1)C1C2CCC2(C)C(OCOC)CCC12. The summed E-state index contributed by atoms with van der Waals surface area (Å²) in [6.45, 7) is 6.60. The zero-order valence-electron chi connectivity index (χ0n) is 28.8. The lowest BCUT2D eigenvalue weighted by atomic mass is 9.51. The van der Waals surface area contributed by atoms with E-state index in [4.69, 9.17) is 33.2 Å². The third-order valence-corrected chi connectivity index (χ3v) is 10.9. The lowest BCUT2D eigenvalue weighted by Crippen LogP contribution is -2.49. The number of fused-ring (bicyclic) bond motifs is 5. The Morgan fingerprint density at radius 2 is 1.53 bits per heavy atom. The number of carbonyl (C=O) groups is 1. The number of hydrogen-bond donors (Lipinski definition) is 0. The molecule has 5 rings (SSSR count). The van der Waals surface area contributed by atoms with Crippen LogP contribution < -0.4 is 4.74 Å². The summed E-state index contributed by atoms with van der Waals surface area (Å²) >= 11 is 0. The molecule has 2 aromatic rings. The molecule has 0 bridgehead atoms. The highest BCUT2D eigenvalue weighted by Crippen LogP contribution is 2.63. The van der Waals surface area contributed by atoms with Gasteiger partial charge in [-0.05, 0) is 85.0 Å². The molecule has 5 unspecified atom stereocenters. The van der Waals surface area contributed by atoms with Crippen molar-refractivity contribution in [2.24, 2.45) is 23.2 Å². The van der Waals surface area contributed by atoms with Crippen molar-refractivity contribution in [1.29, 1.82) is 0 Å². The summed E-state index contributed by atoms with van der Waals surface area (Å²) < 4.78 is 39.5. The molecule has 47 heavy (non-hydrogen) atoms. The van der Waals surface area contributed by atoms with E-state index >= 15 is 0 Å². The van der Waals surface area contributed by atoms with Crippen LogP contribution in [0.3, 0.4) is 0 Å². The smallest absolute Gasteiger partial charge is 0.188 e. The maximum absolute atomic E-state index is 14.3. The molecule has 0 aromatic heterocycles. The number of benzene rings is 2. The molecule has 0 N–H and O–H groups in total.